The largest absolute Gasteiger partial charge is 0.480 e. The van der Waals surface area contributed by atoms with Crippen molar-refractivity contribution in [2.75, 3.05) is 13.2 Å². The summed E-state index contributed by atoms with van der Waals surface area (Å²) >= 11 is 0. The fourth-order valence-electron chi connectivity index (χ4n) is 1.44. The Morgan fingerprint density at radius 1 is 1.25 bits per heavy atom. The molecule has 0 bridgehead atoms. The molecule has 0 unspecified atom stereocenters. The first-order valence-electron chi connectivity index (χ1n) is 5.90. The molecule has 0 spiro atoms. The summed E-state index contributed by atoms with van der Waals surface area (Å²) in [5.41, 5.74) is 1.98. The van der Waals surface area contributed by atoms with Crippen molar-refractivity contribution in [2.45, 2.75) is 13.5 Å². The van der Waals surface area contributed by atoms with Gasteiger partial charge < -0.3 is 15.2 Å². The van der Waals surface area contributed by atoms with Crippen molar-refractivity contribution >= 4 is 17.9 Å². The van der Waals surface area contributed by atoms with Gasteiger partial charge >= 0.3 is 12.0 Å². The van der Waals surface area contributed by atoms with E-state index in [9.17, 15) is 14.4 Å². The second-order valence-electron chi connectivity index (χ2n) is 4.11. The number of carbonyl (C=O) groups is 3. The van der Waals surface area contributed by atoms with E-state index in [4.69, 9.17) is 5.11 Å². The molecule has 3 amide bonds. The van der Waals surface area contributed by atoms with Crippen molar-refractivity contribution in [3.05, 3.63) is 35.4 Å². The molecule has 0 fully saturated rings. The van der Waals surface area contributed by atoms with Gasteiger partial charge in [0.05, 0.1) is 0 Å². The summed E-state index contributed by atoms with van der Waals surface area (Å²) in [5, 5.41) is 12.9. The van der Waals surface area contributed by atoms with Crippen molar-refractivity contribution in [3.8, 4) is 0 Å². The van der Waals surface area contributed by atoms with Crippen LogP contribution in [0.5, 0.6) is 0 Å². The van der Waals surface area contributed by atoms with Gasteiger partial charge in [-0.3, -0.25) is 10.1 Å². The maximum Gasteiger partial charge on any atom is 0.329 e. The lowest BCUT2D eigenvalue weighted by atomic mass is 10.1. The van der Waals surface area contributed by atoms with Crippen LogP contribution in [-0.4, -0.2) is 36.2 Å². The lowest BCUT2D eigenvalue weighted by Crippen LogP contribution is -2.41. The lowest BCUT2D eigenvalue weighted by Gasteiger charge is -2.07. The van der Waals surface area contributed by atoms with E-state index in [2.05, 4.69) is 10.1 Å². The van der Waals surface area contributed by atoms with E-state index in [-0.39, 0.29) is 6.54 Å². The Labute approximate surface area is 115 Å². The standard InChI is InChI=1S/C13H16N2O5/c1-9-3-2-4-10(5-9)6-14-13(19)15-11(16)7-20-8-12(17)18/h2-5H,6-8H2,1H3,(H,17,18)(H2,14,15,16,19). The zero-order valence-corrected chi connectivity index (χ0v) is 11.0. The van der Waals surface area contributed by atoms with Crippen LogP contribution in [0.25, 0.3) is 0 Å². The van der Waals surface area contributed by atoms with Crippen LogP contribution in [0.3, 0.4) is 0 Å². The molecule has 0 aliphatic rings. The third-order valence-corrected chi connectivity index (χ3v) is 2.25. The SMILES string of the molecule is Cc1cccc(CNC(=O)NC(=O)COCC(=O)O)c1. The number of benzene rings is 1. The second kappa shape index (κ2) is 7.90. The van der Waals surface area contributed by atoms with Crippen LogP contribution >= 0.6 is 0 Å². The van der Waals surface area contributed by atoms with Gasteiger partial charge in [0.15, 0.2) is 0 Å². The Bertz CT molecular complexity index is 501. The van der Waals surface area contributed by atoms with Gasteiger partial charge in [0, 0.05) is 6.54 Å². The van der Waals surface area contributed by atoms with E-state index in [1.54, 1.807) is 0 Å². The molecule has 20 heavy (non-hydrogen) atoms. The minimum Gasteiger partial charge on any atom is -0.480 e. The number of nitrogens with one attached hydrogen (secondary N) is 2. The number of ether oxygens (including phenoxy) is 1. The average Bonchev–Trinajstić information content (AvgIpc) is 2.36. The first kappa shape index (κ1) is 15.6. The van der Waals surface area contributed by atoms with Crippen LogP contribution in [0.4, 0.5) is 4.79 Å². The number of urea groups is 1. The van der Waals surface area contributed by atoms with Gasteiger partial charge in [-0.05, 0) is 12.5 Å². The third kappa shape index (κ3) is 6.50. The molecular formula is C13H16N2O5. The number of aliphatic carboxylic acids is 1. The Morgan fingerprint density at radius 3 is 2.65 bits per heavy atom. The number of amides is 3. The summed E-state index contributed by atoms with van der Waals surface area (Å²) in [6, 6.07) is 6.92. The summed E-state index contributed by atoms with van der Waals surface area (Å²) in [6.07, 6.45) is 0. The van der Waals surface area contributed by atoms with Crippen LogP contribution in [-0.2, 0) is 20.9 Å². The molecule has 7 nitrogen and oxygen atoms in total. The number of rotatable bonds is 6. The zero-order chi connectivity index (χ0) is 15.0. The molecule has 0 saturated carbocycles. The molecule has 0 heterocycles. The molecule has 0 radical (unpaired) electrons. The normalized spacial score (nSPS) is 9.85. The molecule has 0 saturated heterocycles. The summed E-state index contributed by atoms with van der Waals surface area (Å²) in [4.78, 5) is 32.8. The summed E-state index contributed by atoms with van der Waals surface area (Å²) in [6.45, 7) is 1.16. The van der Waals surface area contributed by atoms with E-state index < -0.39 is 31.1 Å². The first-order valence-corrected chi connectivity index (χ1v) is 5.90. The predicted octanol–water partition coefficient (Wildman–Crippen LogP) is 0.422. The molecule has 0 aliphatic heterocycles. The molecule has 1 rings (SSSR count). The fourth-order valence-corrected chi connectivity index (χ4v) is 1.44. The molecule has 3 N–H and O–H groups in total. The van der Waals surface area contributed by atoms with E-state index >= 15 is 0 Å². The molecule has 7 heteroatoms. The van der Waals surface area contributed by atoms with Crippen LogP contribution in [0.1, 0.15) is 11.1 Å². The lowest BCUT2D eigenvalue weighted by molar-refractivity contribution is -0.143. The van der Waals surface area contributed by atoms with Gasteiger partial charge in [0.1, 0.15) is 13.2 Å². The van der Waals surface area contributed by atoms with Crippen molar-refractivity contribution in [1.29, 1.82) is 0 Å². The minimum atomic E-state index is -1.18. The van der Waals surface area contributed by atoms with Gasteiger partial charge in [-0.1, -0.05) is 29.8 Å². The van der Waals surface area contributed by atoms with Gasteiger partial charge in [-0.15, -0.1) is 0 Å². The first-order chi connectivity index (χ1) is 9.47. The van der Waals surface area contributed by atoms with Crippen LogP contribution < -0.4 is 10.6 Å². The maximum atomic E-state index is 11.4. The number of carboxylic acids is 1. The van der Waals surface area contributed by atoms with E-state index in [1.165, 1.54) is 0 Å². The van der Waals surface area contributed by atoms with Crippen LogP contribution in [0.2, 0.25) is 0 Å². The highest BCUT2D eigenvalue weighted by Gasteiger charge is 2.08. The van der Waals surface area contributed by atoms with Crippen molar-refractivity contribution in [2.24, 2.45) is 0 Å². The number of carboxylic acid groups (broad SMARTS) is 1. The Morgan fingerprint density at radius 2 is 2.00 bits per heavy atom. The monoisotopic (exact) mass is 280 g/mol. The zero-order valence-electron chi connectivity index (χ0n) is 11.0. The smallest absolute Gasteiger partial charge is 0.329 e. The Balaban J connectivity index is 2.26. The number of carbonyl (C=O) groups excluding carboxylic acids is 2. The molecule has 0 atom stereocenters. The Hall–Kier alpha value is -2.41. The van der Waals surface area contributed by atoms with Crippen molar-refractivity contribution in [1.82, 2.24) is 10.6 Å². The molecule has 108 valence electrons. The highest BCUT2D eigenvalue weighted by Crippen LogP contribution is 2.02. The van der Waals surface area contributed by atoms with Gasteiger partial charge in [0.2, 0.25) is 0 Å². The molecule has 1 aromatic carbocycles. The van der Waals surface area contributed by atoms with Crippen LogP contribution in [0, 0.1) is 6.92 Å². The second-order valence-corrected chi connectivity index (χ2v) is 4.11. The molecule has 0 aromatic heterocycles. The average molecular weight is 280 g/mol. The predicted molar refractivity (Wildman–Crippen MR) is 70.0 cm³/mol. The maximum absolute atomic E-state index is 11.4. The van der Waals surface area contributed by atoms with E-state index in [1.807, 2.05) is 36.5 Å². The fraction of sp³-hybridized carbons (Fsp3) is 0.308. The summed E-state index contributed by atoms with van der Waals surface area (Å²) < 4.78 is 4.54. The molecular weight excluding hydrogens is 264 g/mol. The minimum absolute atomic E-state index is 0.288. The third-order valence-electron chi connectivity index (χ3n) is 2.25. The van der Waals surface area contributed by atoms with E-state index in [0.717, 1.165) is 11.1 Å². The van der Waals surface area contributed by atoms with Crippen molar-refractivity contribution < 1.29 is 24.2 Å². The quantitative estimate of drug-likeness (QED) is 0.700. The van der Waals surface area contributed by atoms with Crippen LogP contribution in [0.15, 0.2) is 24.3 Å². The molecule has 0 aliphatic carbocycles. The number of hydrogen-bond acceptors (Lipinski definition) is 4. The Kier molecular flexibility index (Phi) is 6.18. The highest BCUT2D eigenvalue weighted by molar-refractivity contribution is 5.94. The number of hydrogen-bond donors (Lipinski definition) is 3. The summed E-state index contributed by atoms with van der Waals surface area (Å²) in [7, 11) is 0. The summed E-state index contributed by atoms with van der Waals surface area (Å²) in [5.74, 6) is -1.88. The highest BCUT2D eigenvalue weighted by atomic mass is 16.5. The van der Waals surface area contributed by atoms with Gasteiger partial charge in [-0.25, -0.2) is 9.59 Å². The number of imide groups is 1. The van der Waals surface area contributed by atoms with E-state index in [0.29, 0.717) is 0 Å². The van der Waals surface area contributed by atoms with Crippen molar-refractivity contribution in [3.63, 3.8) is 0 Å². The topological polar surface area (TPSA) is 105 Å². The van der Waals surface area contributed by atoms with Gasteiger partial charge in [-0.2, -0.15) is 0 Å². The van der Waals surface area contributed by atoms with Gasteiger partial charge in [0.25, 0.3) is 5.91 Å². The molecule has 1 aromatic rings. The number of aryl methyl sites for hydroxylation is 1.